The second kappa shape index (κ2) is 5.31. The molecule has 2 heterocycles. The number of allylic oxidation sites excluding steroid dienone is 2. The summed E-state index contributed by atoms with van der Waals surface area (Å²) in [5.74, 6) is -1.04. The number of amides is 2. The van der Waals surface area contributed by atoms with Gasteiger partial charge < -0.3 is 10.6 Å². The molecule has 5 heteroatoms. The van der Waals surface area contributed by atoms with Gasteiger partial charge in [0, 0.05) is 22.5 Å². The van der Waals surface area contributed by atoms with Crippen LogP contribution >= 0.6 is 0 Å². The average Bonchev–Trinajstić information content (AvgIpc) is 3.05. The monoisotopic (exact) mass is 316 g/mol. The minimum atomic E-state index is -0.404. The molecule has 0 atom stereocenters. The van der Waals surface area contributed by atoms with Crippen molar-refractivity contribution in [3.8, 4) is 0 Å². The van der Waals surface area contributed by atoms with Crippen LogP contribution in [-0.4, -0.2) is 17.6 Å². The van der Waals surface area contributed by atoms with E-state index in [1.807, 2.05) is 12.1 Å². The van der Waals surface area contributed by atoms with Gasteiger partial charge in [-0.3, -0.25) is 14.4 Å². The number of ketones is 1. The first-order valence-electron chi connectivity index (χ1n) is 7.42. The van der Waals surface area contributed by atoms with Crippen molar-refractivity contribution in [1.29, 1.82) is 0 Å². The highest BCUT2D eigenvalue weighted by Gasteiger charge is 2.26. The van der Waals surface area contributed by atoms with Crippen LogP contribution in [0.4, 0.5) is 11.4 Å². The van der Waals surface area contributed by atoms with Crippen LogP contribution in [0.15, 0.2) is 60.7 Å². The largest absolute Gasteiger partial charge is 0.321 e. The molecule has 2 aliphatic rings. The Labute approximate surface area is 137 Å². The van der Waals surface area contributed by atoms with Crippen LogP contribution in [-0.2, 0) is 14.4 Å². The van der Waals surface area contributed by atoms with Crippen LogP contribution in [0.2, 0.25) is 0 Å². The van der Waals surface area contributed by atoms with E-state index in [-0.39, 0.29) is 11.8 Å². The van der Waals surface area contributed by atoms with E-state index in [1.54, 1.807) is 36.4 Å². The number of hydrogen-bond donors (Lipinski definition) is 2. The molecule has 0 saturated carbocycles. The molecule has 0 unspecified atom stereocenters. The van der Waals surface area contributed by atoms with Crippen molar-refractivity contribution in [1.82, 2.24) is 0 Å². The third kappa shape index (κ3) is 2.23. The van der Waals surface area contributed by atoms with E-state index in [1.165, 1.54) is 12.2 Å². The van der Waals surface area contributed by atoms with Crippen molar-refractivity contribution in [2.75, 3.05) is 10.6 Å². The third-order valence-electron chi connectivity index (χ3n) is 3.99. The molecule has 2 aromatic rings. The Morgan fingerprint density at radius 3 is 1.58 bits per heavy atom. The predicted molar refractivity (Wildman–Crippen MR) is 91.1 cm³/mol. The van der Waals surface area contributed by atoms with E-state index < -0.39 is 5.78 Å². The lowest BCUT2D eigenvalue weighted by atomic mass is 10.0. The zero-order valence-corrected chi connectivity index (χ0v) is 12.5. The van der Waals surface area contributed by atoms with Crippen LogP contribution in [0.1, 0.15) is 11.1 Å². The van der Waals surface area contributed by atoms with Crippen LogP contribution in [0.25, 0.3) is 11.1 Å². The van der Waals surface area contributed by atoms with Crippen molar-refractivity contribution >= 4 is 40.1 Å². The van der Waals surface area contributed by atoms with Gasteiger partial charge in [0.2, 0.25) is 0 Å². The van der Waals surface area contributed by atoms with E-state index in [2.05, 4.69) is 10.6 Å². The van der Waals surface area contributed by atoms with E-state index in [0.717, 1.165) is 0 Å². The average molecular weight is 316 g/mol. The molecular formula is C19H12N2O3. The molecule has 2 N–H and O–H groups in total. The highest BCUT2D eigenvalue weighted by molar-refractivity contribution is 6.38. The minimum absolute atomic E-state index is 0.305. The van der Waals surface area contributed by atoms with Gasteiger partial charge in [0.05, 0.1) is 11.1 Å². The van der Waals surface area contributed by atoms with Crippen LogP contribution in [0.5, 0.6) is 0 Å². The molecule has 0 spiro atoms. The van der Waals surface area contributed by atoms with Gasteiger partial charge in [-0.1, -0.05) is 36.4 Å². The Bertz CT molecular complexity index is 893. The minimum Gasteiger partial charge on any atom is -0.321 e. The lowest BCUT2D eigenvalue weighted by Gasteiger charge is -1.97. The van der Waals surface area contributed by atoms with Gasteiger partial charge in [-0.2, -0.15) is 0 Å². The number of anilines is 2. The van der Waals surface area contributed by atoms with E-state index in [9.17, 15) is 14.4 Å². The van der Waals surface area contributed by atoms with Gasteiger partial charge in [-0.15, -0.1) is 0 Å². The summed E-state index contributed by atoms with van der Waals surface area (Å²) in [6, 6.07) is 14.3. The SMILES string of the molecule is O=C(C=C1C(=O)Nc2ccccc21)C=C1C(=O)Nc2ccccc21. The van der Waals surface area contributed by atoms with Crippen molar-refractivity contribution < 1.29 is 14.4 Å². The number of fused-ring (bicyclic) bond motifs is 2. The zero-order valence-electron chi connectivity index (χ0n) is 12.5. The summed E-state index contributed by atoms with van der Waals surface area (Å²) >= 11 is 0. The maximum absolute atomic E-state index is 12.4. The van der Waals surface area contributed by atoms with Crippen molar-refractivity contribution in [3.05, 3.63) is 71.8 Å². The van der Waals surface area contributed by atoms with E-state index >= 15 is 0 Å². The Hall–Kier alpha value is -3.47. The zero-order chi connectivity index (χ0) is 16.7. The van der Waals surface area contributed by atoms with E-state index in [0.29, 0.717) is 33.6 Å². The molecule has 2 aliphatic heterocycles. The van der Waals surface area contributed by atoms with Crippen molar-refractivity contribution in [3.63, 3.8) is 0 Å². The van der Waals surface area contributed by atoms with Gasteiger partial charge in [0.15, 0.2) is 5.78 Å². The standard InChI is InChI=1S/C19H12N2O3/c22-11(9-14-12-5-1-3-7-16(12)20-18(14)23)10-15-13-6-2-4-8-17(13)21-19(15)24/h1-10H,(H,20,23)(H,21,24). The molecule has 0 saturated heterocycles. The molecule has 2 aromatic carbocycles. The fourth-order valence-corrected chi connectivity index (χ4v) is 2.89. The molecular weight excluding hydrogens is 304 g/mol. The molecule has 0 aliphatic carbocycles. The highest BCUT2D eigenvalue weighted by atomic mass is 16.2. The summed E-state index contributed by atoms with van der Waals surface area (Å²) in [6.07, 6.45) is 2.53. The molecule has 0 fully saturated rings. The quantitative estimate of drug-likeness (QED) is 0.836. The Morgan fingerprint density at radius 1 is 0.708 bits per heavy atom. The Balaban J connectivity index is 1.71. The number of carbonyl (C=O) groups is 3. The van der Waals surface area contributed by atoms with Gasteiger partial charge in [0.1, 0.15) is 0 Å². The Kier molecular flexibility index (Phi) is 3.13. The number of para-hydroxylation sites is 2. The normalized spacial score (nSPS) is 18.3. The van der Waals surface area contributed by atoms with Crippen molar-refractivity contribution in [2.24, 2.45) is 0 Å². The van der Waals surface area contributed by atoms with Crippen LogP contribution in [0.3, 0.4) is 0 Å². The van der Waals surface area contributed by atoms with Gasteiger partial charge in [-0.25, -0.2) is 0 Å². The van der Waals surface area contributed by atoms with Gasteiger partial charge in [0.25, 0.3) is 11.8 Å². The topological polar surface area (TPSA) is 75.3 Å². The van der Waals surface area contributed by atoms with Crippen LogP contribution in [0, 0.1) is 0 Å². The highest BCUT2D eigenvalue weighted by Crippen LogP contribution is 2.33. The molecule has 24 heavy (non-hydrogen) atoms. The summed E-state index contributed by atoms with van der Waals surface area (Å²) in [4.78, 5) is 36.4. The first-order chi connectivity index (χ1) is 11.6. The second-order valence-electron chi connectivity index (χ2n) is 5.52. The predicted octanol–water partition coefficient (Wildman–Crippen LogP) is 2.63. The molecule has 4 rings (SSSR count). The summed E-state index contributed by atoms with van der Waals surface area (Å²) in [5, 5.41) is 5.42. The molecule has 0 radical (unpaired) electrons. The second-order valence-corrected chi connectivity index (χ2v) is 5.52. The fourth-order valence-electron chi connectivity index (χ4n) is 2.89. The number of rotatable bonds is 2. The maximum Gasteiger partial charge on any atom is 0.256 e. The van der Waals surface area contributed by atoms with E-state index in [4.69, 9.17) is 0 Å². The number of nitrogens with one attached hydrogen (secondary N) is 2. The number of benzene rings is 2. The summed E-state index contributed by atoms with van der Waals surface area (Å²) < 4.78 is 0. The lowest BCUT2D eigenvalue weighted by Crippen LogP contribution is -2.07. The smallest absolute Gasteiger partial charge is 0.256 e. The summed E-state index contributed by atoms with van der Waals surface area (Å²) in [5.41, 5.74) is 3.34. The summed E-state index contributed by atoms with van der Waals surface area (Å²) in [6.45, 7) is 0. The number of hydrogen-bond acceptors (Lipinski definition) is 3. The molecule has 116 valence electrons. The summed E-state index contributed by atoms with van der Waals surface area (Å²) in [7, 11) is 0. The van der Waals surface area contributed by atoms with Gasteiger partial charge in [-0.05, 0) is 24.3 Å². The molecule has 5 nitrogen and oxygen atoms in total. The van der Waals surface area contributed by atoms with Gasteiger partial charge >= 0.3 is 0 Å². The maximum atomic E-state index is 12.4. The molecule has 2 amide bonds. The fraction of sp³-hybridized carbons (Fsp3) is 0. The third-order valence-corrected chi connectivity index (χ3v) is 3.99. The first kappa shape index (κ1) is 14.1. The number of carbonyl (C=O) groups excluding carboxylic acids is 3. The lowest BCUT2D eigenvalue weighted by molar-refractivity contribution is -0.112. The first-order valence-corrected chi connectivity index (χ1v) is 7.42. The molecule has 0 bridgehead atoms. The van der Waals surface area contributed by atoms with Crippen LogP contribution < -0.4 is 10.6 Å². The molecule has 0 aromatic heterocycles. The van der Waals surface area contributed by atoms with Crippen molar-refractivity contribution in [2.45, 2.75) is 0 Å². The Morgan fingerprint density at radius 2 is 1.12 bits per heavy atom.